The van der Waals surface area contributed by atoms with Crippen molar-refractivity contribution in [3.05, 3.63) is 23.8 Å². The van der Waals surface area contributed by atoms with Crippen LogP contribution in [0.5, 0.6) is 0 Å². The monoisotopic (exact) mass is 218 g/mol. The van der Waals surface area contributed by atoms with Gasteiger partial charge in [-0.1, -0.05) is 31.7 Å². The Morgan fingerprint density at radius 1 is 1.31 bits per heavy atom. The molecule has 3 N–H and O–H groups in total. The first-order chi connectivity index (χ1) is 7.75. The topological polar surface area (TPSA) is 38.0 Å². The number of nitrogens with one attached hydrogen (secondary N) is 1. The molecule has 1 aliphatic carbocycles. The third-order valence-corrected chi connectivity index (χ3v) is 3.60. The minimum atomic E-state index is 0.842. The maximum atomic E-state index is 5.78. The van der Waals surface area contributed by atoms with Crippen LogP contribution in [0.3, 0.4) is 0 Å². The number of aryl methyl sites for hydroxylation is 1. The summed E-state index contributed by atoms with van der Waals surface area (Å²) in [4.78, 5) is 0. The number of benzene rings is 1. The average molecular weight is 218 g/mol. The van der Waals surface area contributed by atoms with E-state index >= 15 is 0 Å². The molecule has 88 valence electrons. The van der Waals surface area contributed by atoms with Gasteiger partial charge in [-0.05, 0) is 37.0 Å². The van der Waals surface area contributed by atoms with E-state index in [0.29, 0.717) is 0 Å². The van der Waals surface area contributed by atoms with Gasteiger partial charge in [0.15, 0.2) is 0 Å². The fourth-order valence-electron chi connectivity index (χ4n) is 2.54. The lowest BCUT2D eigenvalue weighted by Gasteiger charge is -2.13. The third kappa shape index (κ3) is 2.91. The van der Waals surface area contributed by atoms with Crippen LogP contribution in [0.2, 0.25) is 0 Å². The lowest BCUT2D eigenvalue weighted by atomic mass is 10.0. The van der Waals surface area contributed by atoms with Gasteiger partial charge in [-0.3, -0.25) is 0 Å². The molecule has 0 bridgehead atoms. The molecule has 2 heteroatoms. The molecule has 0 aromatic heterocycles. The van der Waals surface area contributed by atoms with Gasteiger partial charge in [-0.15, -0.1) is 0 Å². The number of nitrogen functional groups attached to an aromatic ring is 1. The highest BCUT2D eigenvalue weighted by Gasteiger charge is 2.14. The summed E-state index contributed by atoms with van der Waals surface area (Å²) < 4.78 is 0. The van der Waals surface area contributed by atoms with E-state index in [1.165, 1.54) is 43.4 Å². The van der Waals surface area contributed by atoms with Crippen LogP contribution in [-0.2, 0) is 0 Å². The van der Waals surface area contributed by atoms with Crippen LogP contribution in [-0.4, -0.2) is 6.54 Å². The summed E-state index contributed by atoms with van der Waals surface area (Å²) in [6, 6.07) is 6.06. The van der Waals surface area contributed by atoms with E-state index < -0.39 is 0 Å². The zero-order valence-corrected chi connectivity index (χ0v) is 10.1. The van der Waals surface area contributed by atoms with E-state index in [0.717, 1.165) is 18.2 Å². The highest BCUT2D eigenvalue weighted by atomic mass is 14.9. The molecule has 0 atom stereocenters. The average Bonchev–Trinajstić information content (AvgIpc) is 2.76. The number of rotatable bonds is 4. The molecule has 1 fully saturated rings. The zero-order chi connectivity index (χ0) is 11.4. The summed E-state index contributed by atoms with van der Waals surface area (Å²) in [5.74, 6) is 0.953. The lowest BCUT2D eigenvalue weighted by molar-refractivity contribution is 0.518. The molecule has 2 rings (SSSR count). The van der Waals surface area contributed by atoms with Gasteiger partial charge in [0, 0.05) is 17.9 Å². The van der Waals surface area contributed by atoms with Crippen LogP contribution in [0.1, 0.15) is 37.7 Å². The molecule has 1 aromatic rings. The van der Waals surface area contributed by atoms with Crippen molar-refractivity contribution in [2.45, 2.75) is 39.0 Å². The van der Waals surface area contributed by atoms with Gasteiger partial charge in [0.1, 0.15) is 0 Å². The summed E-state index contributed by atoms with van der Waals surface area (Å²) in [6.45, 7) is 3.20. The van der Waals surface area contributed by atoms with Crippen molar-refractivity contribution in [1.29, 1.82) is 0 Å². The lowest BCUT2D eigenvalue weighted by Crippen LogP contribution is -2.07. The molecule has 0 spiro atoms. The second-order valence-electron chi connectivity index (χ2n) is 4.94. The molecule has 0 saturated heterocycles. The van der Waals surface area contributed by atoms with Crippen LogP contribution >= 0.6 is 0 Å². The normalized spacial score (nSPS) is 16.6. The molecule has 0 amide bonds. The van der Waals surface area contributed by atoms with Crippen molar-refractivity contribution in [2.75, 3.05) is 17.6 Å². The first kappa shape index (κ1) is 11.3. The molecular formula is C14H22N2. The Morgan fingerprint density at radius 2 is 2.06 bits per heavy atom. The van der Waals surface area contributed by atoms with Crippen LogP contribution in [0.4, 0.5) is 11.4 Å². The van der Waals surface area contributed by atoms with Crippen LogP contribution < -0.4 is 11.1 Å². The van der Waals surface area contributed by atoms with Crippen molar-refractivity contribution in [3.63, 3.8) is 0 Å². The SMILES string of the molecule is Cc1ccc(N)cc1NCCC1CCCC1. The van der Waals surface area contributed by atoms with E-state index in [9.17, 15) is 0 Å². The van der Waals surface area contributed by atoms with Crippen LogP contribution in [0, 0.1) is 12.8 Å². The quantitative estimate of drug-likeness (QED) is 0.758. The summed E-state index contributed by atoms with van der Waals surface area (Å²) >= 11 is 0. The maximum Gasteiger partial charge on any atom is 0.0390 e. The predicted molar refractivity (Wildman–Crippen MR) is 70.7 cm³/mol. The van der Waals surface area contributed by atoms with Crippen molar-refractivity contribution in [3.8, 4) is 0 Å². The highest BCUT2D eigenvalue weighted by molar-refractivity contribution is 5.59. The Hall–Kier alpha value is -1.18. The minimum Gasteiger partial charge on any atom is -0.399 e. The molecule has 0 aliphatic heterocycles. The van der Waals surface area contributed by atoms with Gasteiger partial charge >= 0.3 is 0 Å². The Balaban J connectivity index is 1.82. The van der Waals surface area contributed by atoms with Crippen molar-refractivity contribution in [1.82, 2.24) is 0 Å². The fourth-order valence-corrected chi connectivity index (χ4v) is 2.54. The molecule has 16 heavy (non-hydrogen) atoms. The molecule has 1 aliphatic rings. The fraction of sp³-hybridized carbons (Fsp3) is 0.571. The Kier molecular flexibility index (Phi) is 3.70. The summed E-state index contributed by atoms with van der Waals surface area (Å²) in [7, 11) is 0. The zero-order valence-electron chi connectivity index (χ0n) is 10.1. The Labute approximate surface area is 98.2 Å². The number of hydrogen-bond acceptors (Lipinski definition) is 2. The van der Waals surface area contributed by atoms with Gasteiger partial charge in [-0.25, -0.2) is 0 Å². The van der Waals surface area contributed by atoms with Gasteiger partial charge < -0.3 is 11.1 Å². The minimum absolute atomic E-state index is 0.842. The molecular weight excluding hydrogens is 196 g/mol. The van der Waals surface area contributed by atoms with Crippen molar-refractivity contribution in [2.24, 2.45) is 5.92 Å². The first-order valence-electron chi connectivity index (χ1n) is 6.36. The molecule has 2 nitrogen and oxygen atoms in total. The van der Waals surface area contributed by atoms with Crippen LogP contribution in [0.15, 0.2) is 18.2 Å². The van der Waals surface area contributed by atoms with Crippen molar-refractivity contribution >= 4 is 11.4 Å². The van der Waals surface area contributed by atoms with Gasteiger partial charge in [0.2, 0.25) is 0 Å². The summed E-state index contributed by atoms with van der Waals surface area (Å²) in [5, 5.41) is 3.50. The van der Waals surface area contributed by atoms with Gasteiger partial charge in [-0.2, -0.15) is 0 Å². The predicted octanol–water partition coefficient (Wildman–Crippen LogP) is 3.57. The van der Waals surface area contributed by atoms with Gasteiger partial charge in [0.05, 0.1) is 0 Å². The largest absolute Gasteiger partial charge is 0.399 e. The van der Waals surface area contributed by atoms with Crippen molar-refractivity contribution < 1.29 is 0 Å². The Morgan fingerprint density at radius 3 is 2.81 bits per heavy atom. The number of nitrogens with two attached hydrogens (primary N) is 1. The summed E-state index contributed by atoms with van der Waals surface area (Å²) in [5.41, 5.74) is 9.09. The number of anilines is 2. The van der Waals surface area contributed by atoms with E-state index in [2.05, 4.69) is 18.3 Å². The van der Waals surface area contributed by atoms with Gasteiger partial charge in [0.25, 0.3) is 0 Å². The second-order valence-corrected chi connectivity index (χ2v) is 4.94. The van der Waals surface area contributed by atoms with E-state index in [4.69, 9.17) is 5.73 Å². The second kappa shape index (κ2) is 5.24. The smallest absolute Gasteiger partial charge is 0.0390 e. The molecule has 0 heterocycles. The standard InChI is InChI=1S/C14H22N2/c1-11-6-7-13(15)10-14(11)16-9-8-12-4-2-3-5-12/h6-7,10,12,16H,2-5,8-9,15H2,1H3. The maximum absolute atomic E-state index is 5.78. The Bertz CT molecular complexity index is 341. The molecule has 0 radical (unpaired) electrons. The highest BCUT2D eigenvalue weighted by Crippen LogP contribution is 2.27. The molecule has 1 aromatic carbocycles. The summed E-state index contributed by atoms with van der Waals surface area (Å²) in [6.07, 6.45) is 7.02. The van der Waals surface area contributed by atoms with E-state index in [1.807, 2.05) is 12.1 Å². The third-order valence-electron chi connectivity index (χ3n) is 3.60. The van der Waals surface area contributed by atoms with E-state index in [1.54, 1.807) is 0 Å². The molecule has 1 saturated carbocycles. The van der Waals surface area contributed by atoms with E-state index in [-0.39, 0.29) is 0 Å². The first-order valence-corrected chi connectivity index (χ1v) is 6.36. The van der Waals surface area contributed by atoms with Crippen LogP contribution in [0.25, 0.3) is 0 Å². The number of hydrogen-bond donors (Lipinski definition) is 2. The molecule has 0 unspecified atom stereocenters.